The van der Waals surface area contributed by atoms with Gasteiger partial charge in [0.1, 0.15) is 0 Å². The highest BCUT2D eigenvalue weighted by molar-refractivity contribution is 5.86. The van der Waals surface area contributed by atoms with E-state index in [0.717, 1.165) is 32.5 Å². The molecule has 86 valence electrons. The lowest BCUT2D eigenvalue weighted by atomic mass is 9.96. The summed E-state index contributed by atoms with van der Waals surface area (Å²) in [6.45, 7) is 4.14. The van der Waals surface area contributed by atoms with Crippen molar-refractivity contribution in [3.63, 3.8) is 0 Å². The van der Waals surface area contributed by atoms with Crippen molar-refractivity contribution in [1.82, 2.24) is 5.32 Å². The van der Waals surface area contributed by atoms with Gasteiger partial charge in [0.05, 0.1) is 12.1 Å². The van der Waals surface area contributed by atoms with Gasteiger partial charge in [0, 0.05) is 19.1 Å². The van der Waals surface area contributed by atoms with E-state index in [1.807, 2.05) is 6.92 Å². The van der Waals surface area contributed by atoms with Gasteiger partial charge in [0.2, 0.25) is 5.91 Å². The lowest BCUT2D eigenvalue weighted by molar-refractivity contribution is -0.126. The first-order chi connectivity index (χ1) is 7.10. The summed E-state index contributed by atoms with van der Waals surface area (Å²) in [5.41, 5.74) is 5.34. The van der Waals surface area contributed by atoms with Crippen molar-refractivity contribution in [3.8, 4) is 0 Å². The Morgan fingerprint density at radius 3 is 2.80 bits per heavy atom. The molecule has 0 aromatic rings. The summed E-state index contributed by atoms with van der Waals surface area (Å²) in [7, 11) is 0. The van der Waals surface area contributed by atoms with Gasteiger partial charge < -0.3 is 15.8 Å². The van der Waals surface area contributed by atoms with Crippen molar-refractivity contribution in [2.24, 2.45) is 17.6 Å². The summed E-state index contributed by atoms with van der Waals surface area (Å²) in [6, 6.07) is 0. The number of hydrogen-bond donors (Lipinski definition) is 2. The monoisotopic (exact) mass is 212 g/mol. The summed E-state index contributed by atoms with van der Waals surface area (Å²) >= 11 is 0. The van der Waals surface area contributed by atoms with Crippen LogP contribution >= 0.6 is 0 Å². The SMILES string of the molecule is CC(N)(C(=O)NCC1CCOC1)C1CC1. The van der Waals surface area contributed by atoms with Crippen LogP contribution < -0.4 is 11.1 Å². The minimum atomic E-state index is -0.667. The number of nitrogens with one attached hydrogen (secondary N) is 1. The number of nitrogens with two attached hydrogens (primary N) is 1. The van der Waals surface area contributed by atoms with Crippen LogP contribution in [0.3, 0.4) is 0 Å². The van der Waals surface area contributed by atoms with Crippen molar-refractivity contribution in [2.45, 2.75) is 31.7 Å². The Labute approximate surface area is 90.5 Å². The summed E-state index contributed by atoms with van der Waals surface area (Å²) in [5.74, 6) is 0.859. The molecule has 4 nitrogen and oxygen atoms in total. The second-order valence-electron chi connectivity index (χ2n) is 5.00. The molecule has 2 atom stereocenters. The molecule has 2 fully saturated rings. The summed E-state index contributed by atoms with van der Waals surface area (Å²) in [6.07, 6.45) is 3.23. The largest absolute Gasteiger partial charge is 0.381 e. The van der Waals surface area contributed by atoms with E-state index in [1.54, 1.807) is 0 Å². The van der Waals surface area contributed by atoms with Crippen LogP contribution in [0.2, 0.25) is 0 Å². The molecule has 0 aromatic carbocycles. The third-order valence-corrected chi connectivity index (χ3v) is 3.49. The van der Waals surface area contributed by atoms with Crippen LogP contribution in [0.15, 0.2) is 0 Å². The number of ether oxygens (including phenoxy) is 1. The van der Waals surface area contributed by atoms with Crippen LogP contribution in [0.25, 0.3) is 0 Å². The molecule has 1 saturated carbocycles. The van der Waals surface area contributed by atoms with E-state index < -0.39 is 5.54 Å². The first kappa shape index (κ1) is 10.9. The van der Waals surface area contributed by atoms with Crippen LogP contribution in [-0.2, 0) is 9.53 Å². The Morgan fingerprint density at radius 1 is 1.53 bits per heavy atom. The molecular weight excluding hydrogens is 192 g/mol. The zero-order valence-corrected chi connectivity index (χ0v) is 9.29. The van der Waals surface area contributed by atoms with E-state index in [-0.39, 0.29) is 5.91 Å². The Hall–Kier alpha value is -0.610. The average molecular weight is 212 g/mol. The van der Waals surface area contributed by atoms with Gasteiger partial charge in [0.25, 0.3) is 0 Å². The van der Waals surface area contributed by atoms with Gasteiger partial charge in [-0.25, -0.2) is 0 Å². The molecule has 1 aliphatic heterocycles. The van der Waals surface area contributed by atoms with E-state index >= 15 is 0 Å². The molecule has 0 spiro atoms. The smallest absolute Gasteiger partial charge is 0.240 e. The molecule has 1 heterocycles. The van der Waals surface area contributed by atoms with Crippen molar-refractivity contribution in [3.05, 3.63) is 0 Å². The molecule has 2 rings (SSSR count). The summed E-state index contributed by atoms with van der Waals surface area (Å²) in [4.78, 5) is 11.8. The van der Waals surface area contributed by atoms with E-state index in [1.165, 1.54) is 0 Å². The third kappa shape index (κ3) is 2.49. The average Bonchev–Trinajstić information content (AvgIpc) is 2.94. The molecule has 1 amide bonds. The molecule has 3 N–H and O–H groups in total. The molecule has 15 heavy (non-hydrogen) atoms. The molecule has 0 radical (unpaired) electrons. The molecule has 4 heteroatoms. The Kier molecular flexibility index (Phi) is 2.98. The first-order valence-corrected chi connectivity index (χ1v) is 5.75. The lowest BCUT2D eigenvalue weighted by Gasteiger charge is -2.23. The fourth-order valence-corrected chi connectivity index (χ4v) is 2.04. The first-order valence-electron chi connectivity index (χ1n) is 5.75. The molecule has 0 aromatic heterocycles. The van der Waals surface area contributed by atoms with Crippen molar-refractivity contribution < 1.29 is 9.53 Å². The zero-order chi connectivity index (χ0) is 10.9. The van der Waals surface area contributed by atoms with Gasteiger partial charge in [-0.05, 0) is 32.1 Å². The van der Waals surface area contributed by atoms with Gasteiger partial charge in [-0.1, -0.05) is 0 Å². The van der Waals surface area contributed by atoms with Crippen molar-refractivity contribution in [1.29, 1.82) is 0 Å². The van der Waals surface area contributed by atoms with Crippen LogP contribution in [0.1, 0.15) is 26.2 Å². The fourth-order valence-electron chi connectivity index (χ4n) is 2.04. The molecular formula is C11H20N2O2. The molecule has 1 saturated heterocycles. The quantitative estimate of drug-likeness (QED) is 0.703. The van der Waals surface area contributed by atoms with Crippen LogP contribution in [-0.4, -0.2) is 31.2 Å². The highest BCUT2D eigenvalue weighted by atomic mass is 16.5. The maximum absolute atomic E-state index is 11.8. The molecule has 2 aliphatic rings. The predicted octanol–water partition coefficient (Wildman–Crippen LogP) is 0.267. The number of carbonyl (C=O) groups excluding carboxylic acids is 1. The minimum Gasteiger partial charge on any atom is -0.381 e. The standard InChI is InChI=1S/C11H20N2O2/c1-11(12,9-2-3-9)10(14)13-6-8-4-5-15-7-8/h8-9H,2-7,12H2,1H3,(H,13,14). The van der Waals surface area contributed by atoms with E-state index in [0.29, 0.717) is 18.4 Å². The Balaban J connectivity index is 1.75. The van der Waals surface area contributed by atoms with Gasteiger partial charge in [-0.3, -0.25) is 4.79 Å². The number of rotatable bonds is 4. The second-order valence-corrected chi connectivity index (χ2v) is 5.00. The number of amides is 1. The van der Waals surface area contributed by atoms with E-state index in [4.69, 9.17) is 10.5 Å². The topological polar surface area (TPSA) is 64.4 Å². The predicted molar refractivity (Wildman–Crippen MR) is 57.3 cm³/mol. The van der Waals surface area contributed by atoms with Gasteiger partial charge in [0.15, 0.2) is 0 Å². The highest BCUT2D eigenvalue weighted by Gasteiger charge is 2.44. The summed E-state index contributed by atoms with van der Waals surface area (Å²) in [5, 5.41) is 2.94. The van der Waals surface area contributed by atoms with Crippen LogP contribution in [0.5, 0.6) is 0 Å². The lowest BCUT2D eigenvalue weighted by Crippen LogP contribution is -2.54. The molecule has 1 aliphatic carbocycles. The van der Waals surface area contributed by atoms with Crippen molar-refractivity contribution in [2.75, 3.05) is 19.8 Å². The van der Waals surface area contributed by atoms with Gasteiger partial charge in [-0.15, -0.1) is 0 Å². The fraction of sp³-hybridized carbons (Fsp3) is 0.909. The maximum atomic E-state index is 11.8. The summed E-state index contributed by atoms with van der Waals surface area (Å²) < 4.78 is 5.25. The van der Waals surface area contributed by atoms with Crippen molar-refractivity contribution >= 4 is 5.91 Å². The Bertz CT molecular complexity index is 243. The molecule has 2 unspecified atom stereocenters. The minimum absolute atomic E-state index is 0.00287. The van der Waals surface area contributed by atoms with Gasteiger partial charge in [-0.2, -0.15) is 0 Å². The van der Waals surface area contributed by atoms with E-state index in [9.17, 15) is 4.79 Å². The van der Waals surface area contributed by atoms with Crippen LogP contribution in [0.4, 0.5) is 0 Å². The number of hydrogen-bond acceptors (Lipinski definition) is 3. The van der Waals surface area contributed by atoms with Gasteiger partial charge >= 0.3 is 0 Å². The Morgan fingerprint density at radius 2 is 2.27 bits per heavy atom. The third-order valence-electron chi connectivity index (χ3n) is 3.49. The second kappa shape index (κ2) is 4.10. The highest BCUT2D eigenvalue weighted by Crippen LogP contribution is 2.38. The number of carbonyl (C=O) groups is 1. The zero-order valence-electron chi connectivity index (χ0n) is 9.29. The normalized spacial score (nSPS) is 29.9. The van der Waals surface area contributed by atoms with Crippen LogP contribution in [0, 0.1) is 11.8 Å². The molecule has 0 bridgehead atoms. The van der Waals surface area contributed by atoms with E-state index in [2.05, 4.69) is 5.32 Å². The maximum Gasteiger partial charge on any atom is 0.240 e.